The molecular weight excluding hydrogens is 422 g/mol. The number of aromatic amines is 1. The van der Waals surface area contributed by atoms with Crippen LogP contribution in [0.3, 0.4) is 0 Å². The average Bonchev–Trinajstić information content (AvgIpc) is 3.38. The van der Waals surface area contributed by atoms with Gasteiger partial charge in [0.25, 0.3) is 5.91 Å². The molecule has 3 heterocycles. The van der Waals surface area contributed by atoms with Crippen molar-refractivity contribution < 1.29 is 14.0 Å². The van der Waals surface area contributed by atoms with Crippen LogP contribution in [0.15, 0.2) is 58.1 Å². The van der Waals surface area contributed by atoms with Crippen molar-refractivity contribution in [3.8, 4) is 0 Å². The molecule has 0 atom stereocenters. The molecule has 33 heavy (non-hydrogen) atoms. The predicted molar refractivity (Wildman–Crippen MR) is 124 cm³/mol. The minimum absolute atomic E-state index is 0.0349. The summed E-state index contributed by atoms with van der Waals surface area (Å²) in [4.78, 5) is 39.3. The second kappa shape index (κ2) is 9.56. The standard InChI is InChI=1S/C24H25N5O4/c1-15-11-18(9-8-16-12-26-20-6-3-2-5-19(16)20)33-24(32)22(15)23(31)28-17-13-27-29(14-17)10-4-7-21(25)30/h2-3,5-6,11-14,26H,4,7-10H2,1H3,(H2,25,30)(H,28,31). The largest absolute Gasteiger partial charge is 0.427 e. The number of nitrogens with two attached hydrogens (primary N) is 1. The number of carbonyl (C=O) groups excluding carboxylic acids is 2. The lowest BCUT2D eigenvalue weighted by Crippen LogP contribution is -2.23. The number of amides is 2. The number of nitrogens with zero attached hydrogens (tertiary/aromatic N) is 2. The number of carbonyl (C=O) groups is 2. The third-order valence-corrected chi connectivity index (χ3v) is 5.44. The third kappa shape index (κ3) is 5.20. The van der Waals surface area contributed by atoms with E-state index in [-0.39, 0.29) is 17.9 Å². The van der Waals surface area contributed by atoms with Gasteiger partial charge in [0.05, 0.1) is 11.9 Å². The van der Waals surface area contributed by atoms with Gasteiger partial charge in [-0.2, -0.15) is 5.10 Å². The number of fused-ring (bicyclic) bond motifs is 1. The number of H-pyrrole nitrogens is 1. The highest BCUT2D eigenvalue weighted by Gasteiger charge is 2.18. The summed E-state index contributed by atoms with van der Waals surface area (Å²) in [6.07, 6.45) is 7.12. The van der Waals surface area contributed by atoms with Gasteiger partial charge in [0.15, 0.2) is 0 Å². The molecule has 0 saturated carbocycles. The lowest BCUT2D eigenvalue weighted by molar-refractivity contribution is -0.118. The van der Waals surface area contributed by atoms with Gasteiger partial charge in [0, 0.05) is 42.7 Å². The Morgan fingerprint density at radius 3 is 2.85 bits per heavy atom. The first-order chi connectivity index (χ1) is 15.9. The number of rotatable bonds is 9. The monoisotopic (exact) mass is 447 g/mol. The van der Waals surface area contributed by atoms with E-state index in [2.05, 4.69) is 21.5 Å². The lowest BCUT2D eigenvalue weighted by Gasteiger charge is -2.07. The smallest absolute Gasteiger partial charge is 0.349 e. The van der Waals surface area contributed by atoms with Crippen molar-refractivity contribution >= 4 is 28.4 Å². The number of primary amides is 1. The fraction of sp³-hybridized carbons (Fsp3) is 0.250. The number of hydrogen-bond donors (Lipinski definition) is 3. The van der Waals surface area contributed by atoms with E-state index in [9.17, 15) is 14.4 Å². The van der Waals surface area contributed by atoms with Gasteiger partial charge in [0.1, 0.15) is 11.3 Å². The van der Waals surface area contributed by atoms with Crippen molar-refractivity contribution in [2.75, 3.05) is 5.32 Å². The predicted octanol–water partition coefficient (Wildman–Crippen LogP) is 2.93. The van der Waals surface area contributed by atoms with E-state index >= 15 is 0 Å². The van der Waals surface area contributed by atoms with Crippen LogP contribution in [0, 0.1) is 6.92 Å². The van der Waals surface area contributed by atoms with Crippen LogP contribution in [-0.4, -0.2) is 26.6 Å². The Kier molecular flexibility index (Phi) is 6.39. The highest BCUT2D eigenvalue weighted by atomic mass is 16.4. The fourth-order valence-electron chi connectivity index (χ4n) is 3.82. The van der Waals surface area contributed by atoms with E-state index in [1.807, 2.05) is 24.4 Å². The summed E-state index contributed by atoms with van der Waals surface area (Å²) in [6, 6.07) is 9.77. The quantitative estimate of drug-likeness (QED) is 0.362. The molecule has 0 aliphatic heterocycles. The van der Waals surface area contributed by atoms with Crippen molar-refractivity contribution in [2.45, 2.75) is 39.2 Å². The summed E-state index contributed by atoms with van der Waals surface area (Å²) in [5.74, 6) is -0.398. The maximum absolute atomic E-state index is 12.7. The first kappa shape index (κ1) is 22.1. The highest BCUT2D eigenvalue weighted by molar-refractivity contribution is 6.04. The van der Waals surface area contributed by atoms with Crippen molar-refractivity contribution in [1.82, 2.24) is 14.8 Å². The molecule has 4 N–H and O–H groups in total. The van der Waals surface area contributed by atoms with Gasteiger partial charge < -0.3 is 20.5 Å². The molecule has 2 amide bonds. The van der Waals surface area contributed by atoms with Gasteiger partial charge in [-0.15, -0.1) is 0 Å². The zero-order chi connectivity index (χ0) is 23.4. The van der Waals surface area contributed by atoms with Crippen molar-refractivity contribution in [3.63, 3.8) is 0 Å². The SMILES string of the molecule is Cc1cc(CCc2c[nH]c3ccccc23)oc(=O)c1C(=O)Nc1cnn(CCCC(N)=O)c1. The summed E-state index contributed by atoms with van der Waals surface area (Å²) in [6.45, 7) is 2.21. The molecule has 0 aliphatic carbocycles. The first-order valence-electron chi connectivity index (χ1n) is 10.7. The second-order valence-corrected chi connectivity index (χ2v) is 7.93. The molecule has 170 valence electrons. The van der Waals surface area contributed by atoms with Crippen LogP contribution in [0.2, 0.25) is 0 Å². The number of hydrogen-bond acceptors (Lipinski definition) is 5. The maximum atomic E-state index is 12.7. The number of anilines is 1. The zero-order valence-electron chi connectivity index (χ0n) is 18.3. The molecule has 1 aromatic carbocycles. The Labute approximate surface area is 189 Å². The average molecular weight is 447 g/mol. The number of para-hydroxylation sites is 1. The van der Waals surface area contributed by atoms with Crippen molar-refractivity contribution in [1.29, 1.82) is 0 Å². The number of aromatic nitrogens is 3. The van der Waals surface area contributed by atoms with Gasteiger partial charge in [-0.1, -0.05) is 18.2 Å². The second-order valence-electron chi connectivity index (χ2n) is 7.93. The summed E-state index contributed by atoms with van der Waals surface area (Å²) in [7, 11) is 0. The highest BCUT2D eigenvalue weighted by Crippen LogP contribution is 2.20. The molecule has 0 bridgehead atoms. The zero-order valence-corrected chi connectivity index (χ0v) is 18.3. The fourth-order valence-corrected chi connectivity index (χ4v) is 3.82. The Balaban J connectivity index is 1.41. The Hall–Kier alpha value is -4.14. The maximum Gasteiger partial charge on any atom is 0.349 e. The molecule has 3 aromatic heterocycles. The molecule has 9 heteroatoms. The van der Waals surface area contributed by atoms with Crippen LogP contribution < -0.4 is 16.7 Å². The van der Waals surface area contributed by atoms with Gasteiger partial charge in [0.2, 0.25) is 5.91 Å². The van der Waals surface area contributed by atoms with Crippen molar-refractivity contribution in [2.24, 2.45) is 5.73 Å². The first-order valence-corrected chi connectivity index (χ1v) is 10.7. The molecular formula is C24H25N5O4. The van der Waals surface area contributed by atoms with E-state index in [4.69, 9.17) is 10.2 Å². The number of nitrogens with one attached hydrogen (secondary N) is 2. The van der Waals surface area contributed by atoms with E-state index in [0.717, 1.165) is 16.5 Å². The Morgan fingerprint density at radius 2 is 2.06 bits per heavy atom. The summed E-state index contributed by atoms with van der Waals surface area (Å²) >= 11 is 0. The molecule has 0 fully saturated rings. The minimum Gasteiger partial charge on any atom is -0.427 e. The number of benzene rings is 1. The topological polar surface area (TPSA) is 136 Å². The van der Waals surface area contributed by atoms with Gasteiger partial charge in [-0.05, 0) is 43.0 Å². The Morgan fingerprint density at radius 1 is 1.24 bits per heavy atom. The summed E-state index contributed by atoms with van der Waals surface area (Å²) < 4.78 is 7.05. The normalized spacial score (nSPS) is 11.1. The molecule has 4 rings (SSSR count). The van der Waals surface area contributed by atoms with Crippen LogP contribution in [-0.2, 0) is 24.2 Å². The third-order valence-electron chi connectivity index (χ3n) is 5.44. The van der Waals surface area contributed by atoms with Crippen LogP contribution >= 0.6 is 0 Å². The molecule has 4 aromatic rings. The molecule has 0 saturated heterocycles. The van der Waals surface area contributed by atoms with E-state index in [1.54, 1.807) is 23.9 Å². The van der Waals surface area contributed by atoms with Crippen LogP contribution in [0.25, 0.3) is 10.9 Å². The minimum atomic E-state index is -0.671. The van der Waals surface area contributed by atoms with E-state index in [1.165, 1.54) is 6.20 Å². The van der Waals surface area contributed by atoms with Gasteiger partial charge >= 0.3 is 5.63 Å². The summed E-state index contributed by atoms with van der Waals surface area (Å²) in [5.41, 5.74) is 7.62. The van der Waals surface area contributed by atoms with Crippen LogP contribution in [0.5, 0.6) is 0 Å². The molecule has 0 unspecified atom stereocenters. The summed E-state index contributed by atoms with van der Waals surface area (Å²) in [5, 5.41) is 7.95. The van der Waals surface area contributed by atoms with Crippen LogP contribution in [0.4, 0.5) is 5.69 Å². The van der Waals surface area contributed by atoms with E-state index in [0.29, 0.717) is 42.8 Å². The van der Waals surface area contributed by atoms with E-state index < -0.39 is 11.5 Å². The molecule has 9 nitrogen and oxygen atoms in total. The Bertz CT molecular complexity index is 1360. The van der Waals surface area contributed by atoms with Crippen molar-refractivity contribution in [3.05, 3.63) is 81.8 Å². The molecule has 0 spiro atoms. The van der Waals surface area contributed by atoms with Gasteiger partial charge in [-0.25, -0.2) is 4.79 Å². The molecule has 0 radical (unpaired) electrons. The number of aryl methyl sites for hydroxylation is 4. The van der Waals surface area contributed by atoms with Crippen LogP contribution in [0.1, 0.15) is 40.1 Å². The van der Waals surface area contributed by atoms with Gasteiger partial charge in [-0.3, -0.25) is 14.3 Å². The lowest BCUT2D eigenvalue weighted by atomic mass is 10.1. The molecule has 0 aliphatic rings.